The zero-order valence-electron chi connectivity index (χ0n) is 7.62. The third-order valence-corrected chi connectivity index (χ3v) is 8.20. The molecule has 0 bridgehead atoms. The van der Waals surface area contributed by atoms with E-state index >= 15 is 0 Å². The van der Waals surface area contributed by atoms with Gasteiger partial charge in [0, 0.05) is 0 Å². The molecule has 15 heavy (non-hydrogen) atoms. The van der Waals surface area contributed by atoms with Crippen LogP contribution in [0.3, 0.4) is 0 Å². The van der Waals surface area contributed by atoms with E-state index in [9.17, 15) is 0 Å². The molecule has 0 fully saturated rings. The molecule has 0 saturated heterocycles. The molecular formula is C10H8Cl2N2Ru. The molecule has 0 unspecified atom stereocenters. The Labute approximate surface area is 99.2 Å². The van der Waals surface area contributed by atoms with Gasteiger partial charge in [0.25, 0.3) is 0 Å². The molecule has 0 amide bonds. The van der Waals surface area contributed by atoms with Gasteiger partial charge in [-0.1, -0.05) is 0 Å². The summed E-state index contributed by atoms with van der Waals surface area (Å²) < 4.78 is 1.49. The molecule has 0 N–H and O–H groups in total. The third-order valence-electron chi connectivity index (χ3n) is 1.70. The first kappa shape index (κ1) is 11.0. The van der Waals surface area contributed by atoms with Crippen LogP contribution in [0.1, 0.15) is 0 Å². The SMILES string of the molecule is [Cl][Ru]([Cl])([c]1ccccn1)[c]1ccccn1. The van der Waals surface area contributed by atoms with Crippen molar-refractivity contribution in [3.05, 3.63) is 48.8 Å². The molecule has 0 radical (unpaired) electrons. The fourth-order valence-electron chi connectivity index (χ4n) is 1.03. The van der Waals surface area contributed by atoms with Crippen LogP contribution in [-0.4, -0.2) is 9.97 Å². The molecule has 2 heterocycles. The van der Waals surface area contributed by atoms with E-state index in [2.05, 4.69) is 9.97 Å². The van der Waals surface area contributed by atoms with Crippen LogP contribution < -0.4 is 8.58 Å². The van der Waals surface area contributed by atoms with E-state index in [1.165, 1.54) is 0 Å². The normalized spacial score (nSPS) is 12.4. The van der Waals surface area contributed by atoms with Crippen LogP contribution in [0.2, 0.25) is 0 Å². The molecule has 0 aromatic carbocycles. The topological polar surface area (TPSA) is 25.8 Å². The van der Waals surface area contributed by atoms with Crippen molar-refractivity contribution in [1.29, 1.82) is 0 Å². The van der Waals surface area contributed by atoms with Crippen molar-refractivity contribution in [3.8, 4) is 0 Å². The number of halogens is 2. The zero-order chi connectivity index (χ0) is 10.7. The summed E-state index contributed by atoms with van der Waals surface area (Å²) in [6.45, 7) is 0. The Bertz CT molecular complexity index is 392. The first-order valence-corrected chi connectivity index (χ1v) is 10.4. The van der Waals surface area contributed by atoms with E-state index in [0.29, 0.717) is 0 Å². The predicted octanol–water partition coefficient (Wildman–Crippen LogP) is 1.89. The monoisotopic (exact) mass is 328 g/mol. The zero-order valence-corrected chi connectivity index (χ0v) is 10.9. The Morgan fingerprint density at radius 1 is 0.800 bits per heavy atom. The average molecular weight is 328 g/mol. The Morgan fingerprint density at radius 2 is 1.27 bits per heavy atom. The molecule has 5 heteroatoms. The van der Waals surface area contributed by atoms with Gasteiger partial charge >= 0.3 is 99.5 Å². The summed E-state index contributed by atoms with van der Waals surface area (Å²) in [7, 11) is 12.8. The second-order valence-electron chi connectivity index (χ2n) is 2.69. The molecule has 2 nitrogen and oxygen atoms in total. The van der Waals surface area contributed by atoms with Crippen molar-refractivity contribution in [2.75, 3.05) is 0 Å². The summed E-state index contributed by atoms with van der Waals surface area (Å²) >= 11 is -3.08. The molecule has 0 aliphatic rings. The van der Waals surface area contributed by atoms with Crippen LogP contribution in [0.25, 0.3) is 0 Å². The number of nitrogens with zero attached hydrogens (tertiary/aromatic N) is 2. The summed E-state index contributed by atoms with van der Waals surface area (Å²) in [5.41, 5.74) is 0. The molecule has 2 rings (SSSR count). The first-order chi connectivity index (χ1) is 7.21. The van der Waals surface area contributed by atoms with Gasteiger partial charge in [-0.3, -0.25) is 0 Å². The molecule has 0 atom stereocenters. The fourth-order valence-corrected chi connectivity index (χ4v) is 5.24. The minimum absolute atomic E-state index is 0.746. The molecule has 0 spiro atoms. The van der Waals surface area contributed by atoms with Gasteiger partial charge in [0.05, 0.1) is 0 Å². The number of rotatable bonds is 2. The minimum atomic E-state index is -3.08. The van der Waals surface area contributed by atoms with Crippen molar-refractivity contribution in [3.63, 3.8) is 0 Å². The number of pyridine rings is 2. The molecule has 2 aromatic heterocycles. The van der Waals surface area contributed by atoms with Gasteiger partial charge in [0.2, 0.25) is 0 Å². The summed E-state index contributed by atoms with van der Waals surface area (Å²) in [5.74, 6) is 0. The first-order valence-electron chi connectivity index (χ1n) is 4.16. The molecule has 0 aliphatic heterocycles. The molecule has 2 aromatic rings. The maximum absolute atomic E-state index is 6.40. The van der Waals surface area contributed by atoms with Crippen LogP contribution in [0.15, 0.2) is 48.8 Å². The number of hydrogen-bond donors (Lipinski definition) is 0. The molecular weight excluding hydrogens is 320 g/mol. The summed E-state index contributed by atoms with van der Waals surface area (Å²) in [6.07, 6.45) is 3.39. The van der Waals surface area contributed by atoms with Crippen LogP contribution >= 0.6 is 19.4 Å². The van der Waals surface area contributed by atoms with Crippen molar-refractivity contribution >= 4 is 28.0 Å². The van der Waals surface area contributed by atoms with Gasteiger partial charge in [0.15, 0.2) is 0 Å². The van der Waals surface area contributed by atoms with Crippen LogP contribution in [0.4, 0.5) is 0 Å². The van der Waals surface area contributed by atoms with Gasteiger partial charge in [-0.2, -0.15) is 0 Å². The van der Waals surface area contributed by atoms with E-state index in [0.717, 1.165) is 8.58 Å². The second kappa shape index (κ2) is 4.57. The van der Waals surface area contributed by atoms with E-state index < -0.39 is 12.8 Å². The van der Waals surface area contributed by atoms with E-state index in [-0.39, 0.29) is 0 Å². The van der Waals surface area contributed by atoms with E-state index in [1.54, 1.807) is 12.4 Å². The van der Waals surface area contributed by atoms with Crippen molar-refractivity contribution < 1.29 is 12.8 Å². The maximum atomic E-state index is 6.40. The van der Waals surface area contributed by atoms with Gasteiger partial charge in [-0.15, -0.1) is 0 Å². The van der Waals surface area contributed by atoms with Gasteiger partial charge in [-0.05, 0) is 0 Å². The van der Waals surface area contributed by atoms with Crippen molar-refractivity contribution in [2.45, 2.75) is 0 Å². The van der Waals surface area contributed by atoms with E-state index in [1.807, 2.05) is 36.4 Å². The Morgan fingerprint density at radius 3 is 1.60 bits per heavy atom. The number of hydrogen-bond acceptors (Lipinski definition) is 2. The predicted molar refractivity (Wildman–Crippen MR) is 59.4 cm³/mol. The van der Waals surface area contributed by atoms with Gasteiger partial charge in [0.1, 0.15) is 0 Å². The van der Waals surface area contributed by atoms with Crippen LogP contribution in [0.5, 0.6) is 0 Å². The molecule has 80 valence electrons. The summed E-state index contributed by atoms with van der Waals surface area (Å²) in [4.78, 5) is 8.40. The van der Waals surface area contributed by atoms with Crippen LogP contribution in [0, 0.1) is 0 Å². The fraction of sp³-hybridized carbons (Fsp3) is 0. The van der Waals surface area contributed by atoms with Gasteiger partial charge < -0.3 is 0 Å². The third kappa shape index (κ3) is 2.36. The Balaban J connectivity index is 2.44. The van der Waals surface area contributed by atoms with Gasteiger partial charge in [-0.25, -0.2) is 0 Å². The number of aromatic nitrogens is 2. The average Bonchev–Trinajstić information content (AvgIpc) is 2.31. The van der Waals surface area contributed by atoms with E-state index in [4.69, 9.17) is 19.4 Å². The second-order valence-corrected chi connectivity index (χ2v) is 12.0. The van der Waals surface area contributed by atoms with Crippen molar-refractivity contribution in [1.82, 2.24) is 9.97 Å². The Hall–Kier alpha value is -0.497. The Kier molecular flexibility index (Phi) is 3.35. The summed E-state index contributed by atoms with van der Waals surface area (Å²) in [6, 6.07) is 11.1. The quantitative estimate of drug-likeness (QED) is 0.787. The standard InChI is InChI=1S/2C5H4N.2ClH.Ru/c2*1-2-4-6-5-3-1;;;/h2*1-4H;2*1H;/q;;;;+2/p-2. The summed E-state index contributed by atoms with van der Waals surface area (Å²) in [5, 5.41) is 0. The van der Waals surface area contributed by atoms with Crippen LogP contribution in [-0.2, 0) is 12.8 Å². The van der Waals surface area contributed by atoms with Crippen molar-refractivity contribution in [2.24, 2.45) is 0 Å². The molecule has 0 saturated carbocycles. The molecule has 0 aliphatic carbocycles.